The van der Waals surface area contributed by atoms with Crippen LogP contribution in [0.25, 0.3) is 0 Å². The van der Waals surface area contributed by atoms with Crippen LogP contribution < -0.4 is 14.8 Å². The second-order valence-electron chi connectivity index (χ2n) is 7.96. The molecule has 8 nitrogen and oxygen atoms in total. The molecule has 0 unspecified atom stereocenters. The number of halogens is 1. The van der Waals surface area contributed by atoms with Gasteiger partial charge in [-0.3, -0.25) is 19.7 Å². The fraction of sp³-hybridized carbons (Fsp3) is 0.231. The van der Waals surface area contributed by atoms with Crippen molar-refractivity contribution in [3.63, 3.8) is 0 Å². The molecule has 188 valence electrons. The van der Waals surface area contributed by atoms with Gasteiger partial charge in [0.2, 0.25) is 11.0 Å². The number of aromatic nitrogens is 1. The van der Waals surface area contributed by atoms with Crippen molar-refractivity contribution in [2.45, 2.75) is 39.7 Å². The van der Waals surface area contributed by atoms with Gasteiger partial charge in [0.1, 0.15) is 11.5 Å². The summed E-state index contributed by atoms with van der Waals surface area (Å²) in [5.74, 6) is 0.584. The van der Waals surface area contributed by atoms with Crippen molar-refractivity contribution in [3.8, 4) is 11.5 Å². The highest BCUT2D eigenvalue weighted by Crippen LogP contribution is 2.30. The molecule has 0 aliphatic rings. The number of nitrogens with two attached hydrogens (primary N) is 1. The minimum Gasteiger partial charge on any atom is -0.457 e. The summed E-state index contributed by atoms with van der Waals surface area (Å²) >= 11 is 7.11. The number of hydrogen-bond acceptors (Lipinski definition) is 8. The van der Waals surface area contributed by atoms with Crippen molar-refractivity contribution < 1.29 is 23.9 Å². The average molecular weight is 528 g/mol. The number of benzene rings is 2. The van der Waals surface area contributed by atoms with Crippen LogP contribution in [0, 0.1) is 0 Å². The minimum absolute atomic E-state index is 0.0683. The highest BCUT2D eigenvalue weighted by molar-refractivity contribution is 8.12. The molecule has 2 N–H and O–H groups in total. The maximum absolute atomic E-state index is 13.3. The molecule has 0 aliphatic carbocycles. The Balaban J connectivity index is 1.76. The number of ether oxygens (including phenoxy) is 2. The second kappa shape index (κ2) is 12.5. The van der Waals surface area contributed by atoms with Crippen molar-refractivity contribution in [3.05, 3.63) is 82.6 Å². The Morgan fingerprint density at radius 3 is 2.19 bits per heavy atom. The molecule has 0 atom stereocenters. The predicted octanol–water partition coefficient (Wildman–Crippen LogP) is 5.96. The maximum atomic E-state index is 13.3. The van der Waals surface area contributed by atoms with E-state index >= 15 is 0 Å². The lowest BCUT2D eigenvalue weighted by Crippen LogP contribution is -2.40. The van der Waals surface area contributed by atoms with Crippen LogP contribution in [0.1, 0.15) is 42.4 Å². The molecule has 1 aromatic heterocycles. The summed E-state index contributed by atoms with van der Waals surface area (Å²) < 4.78 is 11.1. The monoisotopic (exact) mass is 527 g/mol. The van der Waals surface area contributed by atoms with Crippen molar-refractivity contribution in [2.75, 3.05) is 4.90 Å². The molecule has 0 fully saturated rings. The van der Waals surface area contributed by atoms with Crippen LogP contribution in [0.5, 0.6) is 11.5 Å². The van der Waals surface area contributed by atoms with E-state index in [1.807, 2.05) is 6.92 Å². The van der Waals surface area contributed by atoms with E-state index in [4.69, 9.17) is 26.2 Å². The summed E-state index contributed by atoms with van der Waals surface area (Å²) in [6, 6.07) is 15.0. The van der Waals surface area contributed by atoms with Crippen LogP contribution in [0.2, 0.25) is 5.02 Å². The summed E-state index contributed by atoms with van der Waals surface area (Å²) in [5.41, 5.74) is 1.94. The third-order valence-corrected chi connectivity index (χ3v) is 5.86. The predicted molar refractivity (Wildman–Crippen MR) is 140 cm³/mol. The third-order valence-electron chi connectivity index (χ3n) is 5.00. The van der Waals surface area contributed by atoms with Gasteiger partial charge in [0.15, 0.2) is 0 Å². The first-order valence-electron chi connectivity index (χ1n) is 11.2. The molecule has 2 amide bonds. The van der Waals surface area contributed by atoms with Crippen LogP contribution in [-0.4, -0.2) is 28.2 Å². The molecular weight excluding hydrogens is 502 g/mol. The lowest BCUT2D eigenvalue weighted by molar-refractivity contribution is -0.117. The topological polar surface area (TPSA) is 112 Å². The largest absolute Gasteiger partial charge is 0.457 e. The molecule has 0 radical (unpaired) electrons. The Morgan fingerprint density at radius 2 is 1.64 bits per heavy atom. The molecule has 36 heavy (non-hydrogen) atoms. The number of hydrogen-bond donors (Lipinski definition) is 1. The fourth-order valence-corrected chi connectivity index (χ4v) is 3.88. The van der Waals surface area contributed by atoms with E-state index in [-0.39, 0.29) is 22.2 Å². The lowest BCUT2D eigenvalue weighted by atomic mass is 10.1. The van der Waals surface area contributed by atoms with E-state index in [1.54, 1.807) is 62.4 Å². The molecule has 0 saturated heterocycles. The summed E-state index contributed by atoms with van der Waals surface area (Å²) in [7, 11) is 0. The Kier molecular flexibility index (Phi) is 9.46. The van der Waals surface area contributed by atoms with Gasteiger partial charge in [0.25, 0.3) is 0 Å². The summed E-state index contributed by atoms with van der Waals surface area (Å²) in [6.45, 7) is 5.29. The van der Waals surface area contributed by atoms with E-state index in [0.29, 0.717) is 46.7 Å². The van der Waals surface area contributed by atoms with E-state index < -0.39 is 18.1 Å². The number of amides is 2. The molecule has 2 aromatic carbocycles. The van der Waals surface area contributed by atoms with Crippen molar-refractivity contribution in [1.82, 2.24) is 4.98 Å². The summed E-state index contributed by atoms with van der Waals surface area (Å²) in [4.78, 5) is 42.9. The molecule has 10 heteroatoms. The Hall–Kier alpha value is -3.40. The van der Waals surface area contributed by atoms with Crippen LogP contribution in [0.15, 0.2) is 60.8 Å². The van der Waals surface area contributed by atoms with E-state index in [0.717, 1.165) is 4.90 Å². The van der Waals surface area contributed by atoms with Gasteiger partial charge in [-0.2, -0.15) is 0 Å². The number of imide groups is 1. The van der Waals surface area contributed by atoms with Gasteiger partial charge in [-0.15, -0.1) is 0 Å². The second-order valence-corrected chi connectivity index (χ2v) is 8.94. The highest BCUT2D eigenvalue weighted by atomic mass is 35.5. The normalized spacial score (nSPS) is 10.7. The quantitative estimate of drug-likeness (QED) is 0.357. The molecular formula is C26H26ClN3O5S. The van der Waals surface area contributed by atoms with Crippen LogP contribution in [0.4, 0.5) is 10.5 Å². The van der Waals surface area contributed by atoms with Gasteiger partial charge in [-0.05, 0) is 80.2 Å². The average Bonchev–Trinajstić information content (AvgIpc) is 2.86. The first-order valence-corrected chi connectivity index (χ1v) is 12.4. The molecule has 3 rings (SSSR count). The molecule has 0 saturated carbocycles. The standard InChI is InChI=1S/C26H26ClN3O5S/c1-4-21-24(27)22(13-14-29-21)30(26(33)34-16(2)3)23(31)15-17-5-9-19(10-6-17)35-20-11-7-18(8-12-20)25(32)36-28/h5-14,16H,4,15,28H2,1-3H3. The van der Waals surface area contributed by atoms with E-state index in [2.05, 4.69) is 4.98 Å². The van der Waals surface area contributed by atoms with Crippen LogP contribution in [-0.2, 0) is 22.4 Å². The Labute approximate surface area is 218 Å². The molecule has 0 aliphatic heterocycles. The van der Waals surface area contributed by atoms with Crippen LogP contribution >= 0.6 is 23.5 Å². The molecule has 1 heterocycles. The fourth-order valence-electron chi connectivity index (χ4n) is 3.28. The van der Waals surface area contributed by atoms with Gasteiger partial charge in [0.05, 0.1) is 28.9 Å². The number of nitrogens with zero attached hydrogens (tertiary/aromatic N) is 2. The van der Waals surface area contributed by atoms with Crippen molar-refractivity contribution >= 4 is 46.4 Å². The van der Waals surface area contributed by atoms with Gasteiger partial charge in [0, 0.05) is 11.8 Å². The zero-order valence-electron chi connectivity index (χ0n) is 20.1. The minimum atomic E-state index is -0.805. The highest BCUT2D eigenvalue weighted by Gasteiger charge is 2.28. The lowest BCUT2D eigenvalue weighted by Gasteiger charge is -2.23. The van der Waals surface area contributed by atoms with Crippen molar-refractivity contribution in [2.24, 2.45) is 5.14 Å². The SMILES string of the molecule is CCc1nccc(N(C(=O)Cc2ccc(Oc3ccc(C(=O)SN)cc3)cc2)C(=O)OC(C)C)c1Cl. The summed E-state index contributed by atoms with van der Waals surface area (Å²) in [6.07, 6.45) is 0.755. The molecule has 3 aromatic rings. The number of carbonyl (C=O) groups is 3. The molecule has 0 spiro atoms. The number of carbonyl (C=O) groups excluding carboxylic acids is 3. The number of pyridine rings is 1. The zero-order chi connectivity index (χ0) is 26.2. The first kappa shape index (κ1) is 27.2. The third kappa shape index (κ3) is 6.84. The van der Waals surface area contributed by atoms with E-state index in [1.165, 1.54) is 12.3 Å². The maximum Gasteiger partial charge on any atom is 0.421 e. The Bertz CT molecular complexity index is 1230. The Morgan fingerprint density at radius 1 is 1.03 bits per heavy atom. The van der Waals surface area contributed by atoms with Gasteiger partial charge in [-0.1, -0.05) is 30.7 Å². The van der Waals surface area contributed by atoms with Gasteiger partial charge < -0.3 is 9.47 Å². The zero-order valence-corrected chi connectivity index (χ0v) is 21.6. The number of rotatable bonds is 8. The number of aryl methyl sites for hydroxylation is 1. The van der Waals surface area contributed by atoms with Crippen molar-refractivity contribution in [1.29, 1.82) is 0 Å². The number of anilines is 1. The van der Waals surface area contributed by atoms with E-state index in [9.17, 15) is 14.4 Å². The van der Waals surface area contributed by atoms with Gasteiger partial charge in [-0.25, -0.2) is 9.69 Å². The van der Waals surface area contributed by atoms with Crippen LogP contribution in [0.3, 0.4) is 0 Å². The summed E-state index contributed by atoms with van der Waals surface area (Å²) in [5, 5.41) is 5.29. The molecule has 0 bridgehead atoms. The van der Waals surface area contributed by atoms with Gasteiger partial charge >= 0.3 is 6.09 Å². The smallest absolute Gasteiger partial charge is 0.421 e. The first-order chi connectivity index (χ1) is 17.2.